The van der Waals surface area contributed by atoms with Crippen LogP contribution in [0.5, 0.6) is 0 Å². The van der Waals surface area contributed by atoms with E-state index in [-0.39, 0.29) is 18.6 Å². The van der Waals surface area contributed by atoms with Crippen LogP contribution < -0.4 is 15.5 Å². The number of carbonyl (C=O) groups is 2. The summed E-state index contributed by atoms with van der Waals surface area (Å²) >= 11 is 1.33. The second kappa shape index (κ2) is 11.8. The summed E-state index contributed by atoms with van der Waals surface area (Å²) in [5.74, 6) is -0.373. The van der Waals surface area contributed by atoms with E-state index in [9.17, 15) is 14.7 Å². The van der Waals surface area contributed by atoms with Crippen LogP contribution >= 0.6 is 11.3 Å². The average molecular weight is 463 g/mol. The van der Waals surface area contributed by atoms with Gasteiger partial charge in [0.2, 0.25) is 5.91 Å². The van der Waals surface area contributed by atoms with Gasteiger partial charge in [-0.25, -0.2) is 9.78 Å². The minimum Gasteiger partial charge on any atom is -0.444 e. The number of amides is 2. The third-order valence-electron chi connectivity index (χ3n) is 4.51. The number of aliphatic hydroxyl groups is 1. The van der Waals surface area contributed by atoms with Gasteiger partial charge in [-0.1, -0.05) is 26.0 Å². The zero-order chi connectivity index (χ0) is 23.7. The Bertz CT molecular complexity index is 886. The smallest absolute Gasteiger partial charge is 0.408 e. The molecule has 1 aromatic carbocycles. The van der Waals surface area contributed by atoms with Crippen LogP contribution in [-0.2, 0) is 9.53 Å². The number of thiazole rings is 1. The highest BCUT2D eigenvalue weighted by Crippen LogP contribution is 2.29. The monoisotopic (exact) mass is 462 g/mol. The summed E-state index contributed by atoms with van der Waals surface area (Å²) in [5.41, 5.74) is 2.21. The maximum atomic E-state index is 12.1. The Labute approximate surface area is 194 Å². The van der Waals surface area contributed by atoms with Crippen LogP contribution in [0.4, 0.5) is 15.6 Å². The predicted molar refractivity (Wildman–Crippen MR) is 129 cm³/mol. The number of aromatic nitrogens is 1. The summed E-state index contributed by atoms with van der Waals surface area (Å²) in [6.45, 7) is 10.7. The second-order valence-electron chi connectivity index (χ2n) is 8.21. The first-order chi connectivity index (χ1) is 15.2. The minimum atomic E-state index is -0.639. The number of hydrogen-bond acceptors (Lipinski definition) is 7. The summed E-state index contributed by atoms with van der Waals surface area (Å²) in [6.07, 6.45) is 0.696. The number of anilines is 2. The van der Waals surface area contributed by atoms with E-state index < -0.39 is 11.7 Å². The van der Waals surface area contributed by atoms with Crippen LogP contribution in [0.15, 0.2) is 29.6 Å². The lowest BCUT2D eigenvalue weighted by Crippen LogP contribution is -2.37. The first-order valence-electron chi connectivity index (χ1n) is 11.0. The van der Waals surface area contributed by atoms with Gasteiger partial charge in [0.1, 0.15) is 12.1 Å². The van der Waals surface area contributed by atoms with Crippen LogP contribution in [0.2, 0.25) is 0 Å². The van der Waals surface area contributed by atoms with E-state index in [0.717, 1.165) is 42.9 Å². The van der Waals surface area contributed by atoms with Gasteiger partial charge in [0.05, 0.1) is 11.8 Å². The lowest BCUT2D eigenvalue weighted by molar-refractivity contribution is -0.115. The maximum Gasteiger partial charge on any atom is 0.408 e. The van der Waals surface area contributed by atoms with Crippen LogP contribution in [0, 0.1) is 0 Å². The second-order valence-corrected chi connectivity index (χ2v) is 9.07. The molecule has 2 heterocycles. The van der Waals surface area contributed by atoms with Gasteiger partial charge >= 0.3 is 6.09 Å². The molecule has 0 saturated carbocycles. The first-order valence-corrected chi connectivity index (χ1v) is 11.8. The number of rotatable bonds is 5. The molecule has 0 atom stereocenters. The standard InChI is InChI=1S/C21H28N4O4S.C2H6/c1-21(2,3)29-20(28)22-12-18(27)24-19-23-17(13-30-19)14-5-4-6-15(11-14)25-9-7-16(26)8-10-25;1-2/h4-6,11,13,16,26H,7-10,12H2,1-3H3,(H,22,28)(H,23,24,27);1-2H3. The molecule has 1 aliphatic rings. The number of hydrogen-bond donors (Lipinski definition) is 3. The molecular weight excluding hydrogens is 428 g/mol. The van der Waals surface area contributed by atoms with Crippen molar-refractivity contribution in [3.8, 4) is 11.3 Å². The van der Waals surface area contributed by atoms with Crippen LogP contribution in [0.25, 0.3) is 11.3 Å². The molecular formula is C23H34N4O4S. The van der Waals surface area contributed by atoms with Crippen LogP contribution in [0.3, 0.4) is 0 Å². The Morgan fingerprint density at radius 1 is 1.25 bits per heavy atom. The molecule has 176 valence electrons. The number of benzene rings is 1. The Kier molecular flexibility index (Phi) is 9.46. The zero-order valence-electron chi connectivity index (χ0n) is 19.5. The zero-order valence-corrected chi connectivity index (χ0v) is 20.3. The molecule has 8 nitrogen and oxygen atoms in total. The van der Waals surface area contributed by atoms with Gasteiger partial charge in [0, 0.05) is 29.7 Å². The van der Waals surface area contributed by atoms with E-state index in [1.54, 1.807) is 20.8 Å². The summed E-state index contributed by atoms with van der Waals surface area (Å²) < 4.78 is 5.11. The van der Waals surface area contributed by atoms with Gasteiger partial charge in [0.15, 0.2) is 5.13 Å². The van der Waals surface area contributed by atoms with E-state index in [1.807, 2.05) is 31.4 Å². The fourth-order valence-electron chi connectivity index (χ4n) is 3.08. The van der Waals surface area contributed by atoms with Gasteiger partial charge in [0.25, 0.3) is 0 Å². The van der Waals surface area contributed by atoms with Crippen molar-refractivity contribution < 1.29 is 19.4 Å². The lowest BCUT2D eigenvalue weighted by Gasteiger charge is -2.31. The van der Waals surface area contributed by atoms with Crippen molar-refractivity contribution in [1.82, 2.24) is 10.3 Å². The number of alkyl carbamates (subject to hydrolysis) is 1. The predicted octanol–water partition coefficient (Wildman–Crippen LogP) is 4.26. The Hall–Kier alpha value is -2.65. The van der Waals surface area contributed by atoms with Crippen LogP contribution in [-0.4, -0.2) is 53.4 Å². The van der Waals surface area contributed by atoms with Crippen molar-refractivity contribution in [2.45, 2.75) is 59.2 Å². The van der Waals surface area contributed by atoms with Gasteiger partial charge in [-0.05, 0) is 45.7 Å². The Balaban J connectivity index is 0.00000176. The molecule has 0 bridgehead atoms. The first kappa shape index (κ1) is 25.6. The molecule has 0 aliphatic carbocycles. The molecule has 3 N–H and O–H groups in total. The minimum absolute atomic E-state index is 0.194. The van der Waals surface area contributed by atoms with E-state index in [0.29, 0.717) is 5.13 Å². The van der Waals surface area contributed by atoms with E-state index >= 15 is 0 Å². The van der Waals surface area contributed by atoms with Gasteiger partial charge in [-0.2, -0.15) is 0 Å². The van der Waals surface area contributed by atoms with Gasteiger partial charge in [-0.3, -0.25) is 4.79 Å². The number of carbonyl (C=O) groups excluding carboxylic acids is 2. The molecule has 2 amide bonds. The molecule has 1 saturated heterocycles. The van der Waals surface area contributed by atoms with Crippen molar-refractivity contribution in [2.24, 2.45) is 0 Å². The quantitative estimate of drug-likeness (QED) is 0.613. The highest BCUT2D eigenvalue weighted by molar-refractivity contribution is 7.14. The molecule has 1 aliphatic heterocycles. The van der Waals surface area contributed by atoms with E-state index in [1.165, 1.54) is 11.3 Å². The summed E-state index contributed by atoms with van der Waals surface area (Å²) in [7, 11) is 0. The third kappa shape index (κ3) is 8.12. The summed E-state index contributed by atoms with van der Waals surface area (Å²) in [5, 5.41) is 17.2. The SMILES string of the molecule is CC.CC(C)(C)OC(=O)NCC(=O)Nc1nc(-c2cccc(N3CCC(O)CC3)c2)cs1. The van der Waals surface area contributed by atoms with Crippen molar-refractivity contribution in [2.75, 3.05) is 29.9 Å². The van der Waals surface area contributed by atoms with Gasteiger partial charge in [-0.15, -0.1) is 11.3 Å². The van der Waals surface area contributed by atoms with Crippen molar-refractivity contribution in [1.29, 1.82) is 0 Å². The molecule has 1 fully saturated rings. The highest BCUT2D eigenvalue weighted by atomic mass is 32.1. The van der Waals surface area contributed by atoms with Crippen LogP contribution in [0.1, 0.15) is 47.5 Å². The maximum absolute atomic E-state index is 12.1. The largest absolute Gasteiger partial charge is 0.444 e. The van der Waals surface area contributed by atoms with Crippen molar-refractivity contribution in [3.05, 3.63) is 29.6 Å². The molecule has 0 spiro atoms. The molecule has 9 heteroatoms. The lowest BCUT2D eigenvalue weighted by atomic mass is 10.1. The number of nitrogens with zero attached hydrogens (tertiary/aromatic N) is 2. The van der Waals surface area contributed by atoms with Crippen molar-refractivity contribution in [3.63, 3.8) is 0 Å². The number of piperidine rings is 1. The number of ether oxygens (including phenoxy) is 1. The van der Waals surface area contributed by atoms with E-state index in [2.05, 4.69) is 32.7 Å². The highest BCUT2D eigenvalue weighted by Gasteiger charge is 2.19. The fourth-order valence-corrected chi connectivity index (χ4v) is 3.82. The van der Waals surface area contributed by atoms with Crippen molar-refractivity contribution >= 4 is 34.2 Å². The molecule has 1 aromatic heterocycles. The Morgan fingerprint density at radius 2 is 1.94 bits per heavy atom. The third-order valence-corrected chi connectivity index (χ3v) is 5.27. The number of nitrogens with one attached hydrogen (secondary N) is 2. The molecule has 32 heavy (non-hydrogen) atoms. The summed E-state index contributed by atoms with van der Waals surface area (Å²) in [4.78, 5) is 30.5. The fraction of sp³-hybridized carbons (Fsp3) is 0.522. The molecule has 3 rings (SSSR count). The normalized spacial score (nSPS) is 14.2. The molecule has 0 radical (unpaired) electrons. The number of aliphatic hydroxyl groups excluding tert-OH is 1. The molecule has 2 aromatic rings. The molecule has 0 unspecified atom stereocenters. The topological polar surface area (TPSA) is 104 Å². The van der Waals surface area contributed by atoms with E-state index in [4.69, 9.17) is 4.74 Å². The van der Waals surface area contributed by atoms with Gasteiger partial charge < -0.3 is 25.4 Å². The summed E-state index contributed by atoms with van der Waals surface area (Å²) in [6, 6.07) is 8.09. The Morgan fingerprint density at radius 3 is 2.59 bits per heavy atom. The average Bonchev–Trinajstić information content (AvgIpc) is 3.22.